The molecule has 37 heavy (non-hydrogen) atoms. The number of nitrogens with one attached hydrogen (secondary N) is 2. The fourth-order valence-electron chi connectivity index (χ4n) is 3.43. The number of halogens is 1. The van der Waals surface area contributed by atoms with Crippen molar-refractivity contribution in [2.45, 2.75) is 49.8 Å². The van der Waals surface area contributed by atoms with Crippen LogP contribution in [0.5, 0.6) is 5.75 Å². The molecule has 3 N–H and O–H groups in total. The second-order valence-electron chi connectivity index (χ2n) is 8.27. The van der Waals surface area contributed by atoms with Crippen molar-refractivity contribution in [3.63, 3.8) is 0 Å². The zero-order valence-corrected chi connectivity index (χ0v) is 22.0. The van der Waals surface area contributed by atoms with Crippen molar-refractivity contribution in [1.82, 2.24) is 14.6 Å². The number of aliphatic hydroxyl groups excluding tert-OH is 1. The molecule has 0 aliphatic carbocycles. The van der Waals surface area contributed by atoms with E-state index in [4.69, 9.17) is 34.9 Å². The molecular weight excluding hydrogens is 533 g/mol. The van der Waals surface area contributed by atoms with E-state index >= 15 is 0 Å². The Morgan fingerprint density at radius 1 is 1.27 bits per heavy atom. The first kappa shape index (κ1) is 29.1. The number of aromatic nitrogens is 2. The second-order valence-corrected chi connectivity index (χ2v) is 10.5. The van der Waals surface area contributed by atoms with Crippen LogP contribution in [-0.2, 0) is 28.1 Å². The Labute approximate surface area is 217 Å². The zero-order chi connectivity index (χ0) is 27.2. The van der Waals surface area contributed by atoms with Gasteiger partial charge in [-0.1, -0.05) is 18.2 Å². The van der Waals surface area contributed by atoms with Crippen LogP contribution in [0.1, 0.15) is 20.1 Å². The van der Waals surface area contributed by atoms with Crippen LogP contribution in [0.3, 0.4) is 0 Å². The topological polar surface area (TPSA) is 167 Å². The van der Waals surface area contributed by atoms with Crippen LogP contribution in [0.2, 0.25) is 0 Å². The summed E-state index contributed by atoms with van der Waals surface area (Å²) < 4.78 is 41.6. The number of para-hydroxylation sites is 1. The monoisotopic (exact) mass is 561 g/mol. The average molecular weight is 562 g/mol. The first-order chi connectivity index (χ1) is 17.5. The predicted octanol–water partition coefficient (Wildman–Crippen LogP) is 1.16. The van der Waals surface area contributed by atoms with Crippen molar-refractivity contribution in [1.29, 1.82) is 0 Å². The molecule has 2 heterocycles. The standard InChI is InChI=1S/C22H29ClN3O10P/c1-13(11-32-3)34-21(29)14(2)25-37(31,36-15-7-5-4-6-8-15)33-12-16-19(28)18(23)20(35-16)26-10-9-17(27)24-22(26)30/h4-10,13-14,16,18-20,28H,11-12H2,1-3H3,(H,25,31)(H,24,27,30)/t13?,14-,16+,18-,19+,20+,37?/m0/s1. The van der Waals surface area contributed by atoms with Crippen LogP contribution in [0.25, 0.3) is 0 Å². The molecule has 1 saturated heterocycles. The van der Waals surface area contributed by atoms with E-state index in [1.807, 2.05) is 0 Å². The van der Waals surface area contributed by atoms with E-state index in [9.17, 15) is 24.1 Å². The minimum absolute atomic E-state index is 0.170. The summed E-state index contributed by atoms with van der Waals surface area (Å²) in [5.41, 5.74) is -1.40. The lowest BCUT2D eigenvalue weighted by Gasteiger charge is -2.25. The number of benzene rings is 1. The lowest BCUT2D eigenvalue weighted by Crippen LogP contribution is -2.38. The largest absolute Gasteiger partial charge is 0.459 e. The van der Waals surface area contributed by atoms with Crippen LogP contribution < -0.4 is 20.9 Å². The fourth-order valence-corrected chi connectivity index (χ4v) is 5.28. The van der Waals surface area contributed by atoms with Gasteiger partial charge in [0.15, 0.2) is 6.23 Å². The third-order valence-corrected chi connectivity index (χ3v) is 7.34. The van der Waals surface area contributed by atoms with Crippen LogP contribution in [0, 0.1) is 0 Å². The van der Waals surface area contributed by atoms with Gasteiger partial charge < -0.3 is 23.8 Å². The number of H-pyrrole nitrogens is 1. The Morgan fingerprint density at radius 2 is 1.97 bits per heavy atom. The van der Waals surface area contributed by atoms with Gasteiger partial charge in [0.25, 0.3) is 5.56 Å². The zero-order valence-electron chi connectivity index (χ0n) is 20.3. The maximum Gasteiger partial charge on any atom is 0.459 e. The summed E-state index contributed by atoms with van der Waals surface area (Å²) >= 11 is 6.28. The lowest BCUT2D eigenvalue weighted by atomic mass is 10.2. The Balaban J connectivity index is 1.73. The van der Waals surface area contributed by atoms with E-state index in [1.165, 1.54) is 32.4 Å². The third-order valence-electron chi connectivity index (χ3n) is 5.22. The molecule has 0 spiro atoms. The van der Waals surface area contributed by atoms with Gasteiger partial charge in [0.1, 0.15) is 35.5 Å². The van der Waals surface area contributed by atoms with Gasteiger partial charge in [-0.2, -0.15) is 5.09 Å². The molecule has 2 aromatic rings. The molecule has 0 radical (unpaired) electrons. The van der Waals surface area contributed by atoms with Gasteiger partial charge in [-0.05, 0) is 26.0 Å². The Morgan fingerprint density at radius 3 is 2.62 bits per heavy atom. The van der Waals surface area contributed by atoms with Crippen molar-refractivity contribution < 1.29 is 37.7 Å². The highest BCUT2D eigenvalue weighted by atomic mass is 35.5. The first-order valence-electron chi connectivity index (χ1n) is 11.3. The Bertz CT molecular complexity index is 1210. The number of ether oxygens (including phenoxy) is 3. The van der Waals surface area contributed by atoms with Gasteiger partial charge in [0, 0.05) is 19.4 Å². The minimum atomic E-state index is -4.25. The van der Waals surface area contributed by atoms with Gasteiger partial charge in [-0.15, -0.1) is 11.6 Å². The Hall–Kier alpha value is -2.51. The first-order valence-corrected chi connectivity index (χ1v) is 13.3. The highest BCUT2D eigenvalue weighted by Crippen LogP contribution is 2.46. The fraction of sp³-hybridized carbons (Fsp3) is 0.500. The number of carbonyl (C=O) groups is 1. The molecule has 204 valence electrons. The van der Waals surface area contributed by atoms with Crippen LogP contribution in [0.4, 0.5) is 0 Å². The van der Waals surface area contributed by atoms with Gasteiger partial charge >= 0.3 is 19.4 Å². The molecule has 1 aromatic carbocycles. The summed E-state index contributed by atoms with van der Waals surface area (Å²) in [6, 6.07) is 8.09. The van der Waals surface area contributed by atoms with E-state index in [0.29, 0.717) is 0 Å². The van der Waals surface area contributed by atoms with Crippen LogP contribution in [0.15, 0.2) is 52.2 Å². The second kappa shape index (κ2) is 12.8. The molecule has 1 aliphatic rings. The molecule has 15 heteroatoms. The minimum Gasteiger partial charge on any atom is -0.459 e. The number of carbonyl (C=O) groups excluding carboxylic acids is 1. The summed E-state index contributed by atoms with van der Waals surface area (Å²) in [4.78, 5) is 38.0. The molecule has 13 nitrogen and oxygen atoms in total. The van der Waals surface area contributed by atoms with E-state index in [2.05, 4.69) is 10.1 Å². The summed E-state index contributed by atoms with van der Waals surface area (Å²) in [5.74, 6) is -0.534. The number of aromatic amines is 1. The number of hydrogen-bond donors (Lipinski definition) is 3. The number of rotatable bonds is 12. The number of nitrogens with zero attached hydrogens (tertiary/aromatic N) is 1. The molecule has 1 aliphatic heterocycles. The summed E-state index contributed by atoms with van der Waals surface area (Å²) in [5, 5.41) is 12.0. The van der Waals surface area contributed by atoms with E-state index in [-0.39, 0.29) is 12.4 Å². The highest BCUT2D eigenvalue weighted by Gasteiger charge is 2.45. The molecule has 7 atom stereocenters. The molecule has 1 fully saturated rings. The normalized spacial score (nSPS) is 24.7. The average Bonchev–Trinajstić information content (AvgIpc) is 3.12. The van der Waals surface area contributed by atoms with Gasteiger partial charge in [0.05, 0.1) is 13.2 Å². The highest BCUT2D eigenvalue weighted by molar-refractivity contribution is 7.52. The molecule has 1 aromatic heterocycles. The van der Waals surface area contributed by atoms with Crippen LogP contribution >= 0.6 is 19.3 Å². The summed E-state index contributed by atoms with van der Waals surface area (Å²) in [7, 11) is -2.79. The molecule has 0 bridgehead atoms. The van der Waals surface area contributed by atoms with Gasteiger partial charge in [-0.3, -0.25) is 23.7 Å². The maximum absolute atomic E-state index is 13.6. The third kappa shape index (κ3) is 7.74. The number of alkyl halides is 1. The van der Waals surface area contributed by atoms with E-state index in [0.717, 1.165) is 10.6 Å². The molecule has 0 amide bonds. The van der Waals surface area contributed by atoms with Crippen LogP contribution in [-0.4, -0.2) is 70.7 Å². The smallest absolute Gasteiger partial charge is 0.459 e. The lowest BCUT2D eigenvalue weighted by molar-refractivity contribution is -0.152. The number of aliphatic hydroxyl groups is 1. The number of esters is 1. The van der Waals surface area contributed by atoms with Crippen molar-refractivity contribution in [3.05, 3.63) is 63.4 Å². The van der Waals surface area contributed by atoms with Crippen molar-refractivity contribution >= 4 is 25.3 Å². The molecule has 2 unspecified atom stereocenters. The SMILES string of the molecule is COCC(C)OC(=O)[C@H](C)NP(=O)(OC[C@H]1O[C@@H](n2ccc(=O)[nH]c2=O)[C@@H](Cl)[C@@H]1O)Oc1ccccc1. The molecular formula is C22H29ClN3O10P. The molecule has 3 rings (SSSR count). The molecule has 0 saturated carbocycles. The van der Waals surface area contributed by atoms with E-state index in [1.54, 1.807) is 25.1 Å². The number of methoxy groups -OCH3 is 1. The quantitative estimate of drug-likeness (QED) is 0.193. The van der Waals surface area contributed by atoms with Crippen molar-refractivity contribution in [3.8, 4) is 5.75 Å². The van der Waals surface area contributed by atoms with Gasteiger partial charge in [-0.25, -0.2) is 9.36 Å². The summed E-state index contributed by atoms with van der Waals surface area (Å²) in [6.07, 6.45) is -2.99. The van der Waals surface area contributed by atoms with Gasteiger partial charge in [0.2, 0.25) is 0 Å². The maximum atomic E-state index is 13.6. The van der Waals surface area contributed by atoms with Crippen molar-refractivity contribution in [2.75, 3.05) is 20.3 Å². The summed E-state index contributed by atoms with van der Waals surface area (Å²) in [6.45, 7) is 2.73. The Kier molecular flexibility index (Phi) is 10.1. The van der Waals surface area contributed by atoms with Crippen molar-refractivity contribution in [2.24, 2.45) is 0 Å². The van der Waals surface area contributed by atoms with E-state index < -0.39 is 67.5 Å². The number of hydrogen-bond acceptors (Lipinski definition) is 10. The predicted molar refractivity (Wildman–Crippen MR) is 132 cm³/mol.